The van der Waals surface area contributed by atoms with Crippen LogP contribution in [0.25, 0.3) is 0 Å². The fourth-order valence-corrected chi connectivity index (χ4v) is 1.92. The van der Waals surface area contributed by atoms with Gasteiger partial charge < -0.3 is 15.7 Å². The Morgan fingerprint density at radius 2 is 2.11 bits per heavy atom. The number of nitrogens with two attached hydrogens (primary N) is 1. The first-order valence-corrected chi connectivity index (χ1v) is 6.69. The van der Waals surface area contributed by atoms with Crippen LogP contribution in [0.3, 0.4) is 0 Å². The zero-order valence-corrected chi connectivity index (χ0v) is 11.6. The van der Waals surface area contributed by atoms with E-state index in [2.05, 4.69) is 36.7 Å². The van der Waals surface area contributed by atoms with E-state index >= 15 is 0 Å². The average molecular weight is 251 g/mol. The number of nitrogens with zero attached hydrogens (tertiary/aromatic N) is 2. The summed E-state index contributed by atoms with van der Waals surface area (Å²) in [4.78, 5) is 6.67. The van der Waals surface area contributed by atoms with Gasteiger partial charge in [0, 0.05) is 25.2 Å². The van der Waals surface area contributed by atoms with E-state index in [0.717, 1.165) is 30.8 Å². The van der Waals surface area contributed by atoms with Gasteiger partial charge in [0.15, 0.2) is 0 Å². The lowest BCUT2D eigenvalue weighted by atomic mass is 10.1. The molecule has 18 heavy (non-hydrogen) atoms. The van der Waals surface area contributed by atoms with Crippen molar-refractivity contribution in [3.05, 3.63) is 24.0 Å². The lowest BCUT2D eigenvalue weighted by Gasteiger charge is -2.28. The van der Waals surface area contributed by atoms with Crippen LogP contribution in [0.1, 0.15) is 45.3 Å². The number of rotatable bonds is 7. The number of aliphatic hydroxyl groups is 1. The van der Waals surface area contributed by atoms with E-state index in [0.29, 0.717) is 6.04 Å². The standard InChI is InChI=1S/C14H25N3O/c1-4-13(15)14-7-6-12(10-16-14)17(11(2)3)8-5-9-18/h6-7,10-11,13,18H,4-5,8-9,15H2,1-3H3/t13-/m0/s1. The van der Waals surface area contributed by atoms with Gasteiger partial charge in [-0.2, -0.15) is 0 Å². The van der Waals surface area contributed by atoms with Gasteiger partial charge in [0.25, 0.3) is 0 Å². The van der Waals surface area contributed by atoms with Gasteiger partial charge in [-0.25, -0.2) is 0 Å². The van der Waals surface area contributed by atoms with E-state index < -0.39 is 0 Å². The Hall–Kier alpha value is -1.13. The van der Waals surface area contributed by atoms with Gasteiger partial charge in [-0.15, -0.1) is 0 Å². The van der Waals surface area contributed by atoms with Crippen LogP contribution in [0, 0.1) is 0 Å². The first kappa shape index (κ1) is 14.9. The van der Waals surface area contributed by atoms with Crippen LogP contribution >= 0.6 is 0 Å². The SMILES string of the molecule is CC[C@H](N)c1ccc(N(CCCO)C(C)C)cn1. The maximum absolute atomic E-state index is 8.93. The molecule has 0 aliphatic carbocycles. The summed E-state index contributed by atoms with van der Waals surface area (Å²) in [6.45, 7) is 7.40. The highest BCUT2D eigenvalue weighted by Crippen LogP contribution is 2.19. The monoisotopic (exact) mass is 251 g/mol. The molecule has 0 saturated carbocycles. The minimum absolute atomic E-state index is 0.0176. The molecule has 3 N–H and O–H groups in total. The molecular formula is C14H25N3O. The van der Waals surface area contributed by atoms with Crippen LogP contribution in [0.4, 0.5) is 5.69 Å². The second kappa shape index (κ2) is 7.34. The summed E-state index contributed by atoms with van der Waals surface area (Å²) in [5.74, 6) is 0. The van der Waals surface area contributed by atoms with E-state index in [4.69, 9.17) is 10.8 Å². The number of hydrogen-bond donors (Lipinski definition) is 2. The van der Waals surface area contributed by atoms with Gasteiger partial charge in [0.05, 0.1) is 17.6 Å². The number of aromatic nitrogens is 1. The third-order valence-corrected chi connectivity index (χ3v) is 3.10. The summed E-state index contributed by atoms with van der Waals surface area (Å²) in [7, 11) is 0. The van der Waals surface area contributed by atoms with Crippen molar-refractivity contribution in [2.75, 3.05) is 18.1 Å². The lowest BCUT2D eigenvalue weighted by Crippen LogP contribution is -2.32. The number of anilines is 1. The van der Waals surface area contributed by atoms with Crippen molar-refractivity contribution >= 4 is 5.69 Å². The number of pyridine rings is 1. The smallest absolute Gasteiger partial charge is 0.0572 e. The van der Waals surface area contributed by atoms with E-state index in [1.54, 1.807) is 0 Å². The molecule has 1 aromatic rings. The molecule has 0 fully saturated rings. The molecular weight excluding hydrogens is 226 g/mol. The summed E-state index contributed by atoms with van der Waals surface area (Å²) in [5.41, 5.74) is 7.98. The van der Waals surface area contributed by atoms with Gasteiger partial charge in [-0.1, -0.05) is 6.92 Å². The van der Waals surface area contributed by atoms with E-state index in [1.807, 2.05) is 12.3 Å². The summed E-state index contributed by atoms with van der Waals surface area (Å²) < 4.78 is 0. The third kappa shape index (κ3) is 3.96. The van der Waals surface area contributed by atoms with Crippen molar-refractivity contribution in [2.24, 2.45) is 5.73 Å². The Labute approximate surface area is 110 Å². The van der Waals surface area contributed by atoms with Crippen molar-refractivity contribution in [3.8, 4) is 0 Å². The molecule has 0 radical (unpaired) electrons. The zero-order valence-electron chi connectivity index (χ0n) is 11.6. The summed E-state index contributed by atoms with van der Waals surface area (Å²) >= 11 is 0. The van der Waals surface area contributed by atoms with Crippen molar-refractivity contribution in [1.82, 2.24) is 4.98 Å². The molecule has 1 heterocycles. The van der Waals surface area contributed by atoms with Gasteiger partial charge in [-0.05, 0) is 38.8 Å². The Morgan fingerprint density at radius 1 is 1.39 bits per heavy atom. The number of hydrogen-bond acceptors (Lipinski definition) is 4. The fourth-order valence-electron chi connectivity index (χ4n) is 1.92. The molecule has 0 spiro atoms. The first-order chi connectivity index (χ1) is 8.60. The quantitative estimate of drug-likeness (QED) is 0.779. The first-order valence-electron chi connectivity index (χ1n) is 6.69. The Bertz CT molecular complexity index is 337. The van der Waals surface area contributed by atoms with Crippen LogP contribution in [-0.2, 0) is 0 Å². The van der Waals surface area contributed by atoms with Crippen LogP contribution in [-0.4, -0.2) is 29.3 Å². The Balaban J connectivity index is 2.80. The van der Waals surface area contributed by atoms with Gasteiger partial charge >= 0.3 is 0 Å². The van der Waals surface area contributed by atoms with Crippen LogP contribution in [0.5, 0.6) is 0 Å². The largest absolute Gasteiger partial charge is 0.396 e. The van der Waals surface area contributed by atoms with Gasteiger partial charge in [-0.3, -0.25) is 4.98 Å². The second-order valence-electron chi connectivity index (χ2n) is 4.82. The maximum atomic E-state index is 8.93. The lowest BCUT2D eigenvalue weighted by molar-refractivity contribution is 0.288. The number of aliphatic hydroxyl groups excluding tert-OH is 1. The summed E-state index contributed by atoms with van der Waals surface area (Å²) in [6.07, 6.45) is 3.54. The van der Waals surface area contributed by atoms with Gasteiger partial charge in [0.1, 0.15) is 0 Å². The molecule has 1 rings (SSSR count). The third-order valence-electron chi connectivity index (χ3n) is 3.10. The molecule has 0 unspecified atom stereocenters. The molecule has 0 saturated heterocycles. The minimum atomic E-state index is 0.0176. The highest BCUT2D eigenvalue weighted by molar-refractivity contribution is 5.45. The second-order valence-corrected chi connectivity index (χ2v) is 4.82. The minimum Gasteiger partial charge on any atom is -0.396 e. The molecule has 1 aromatic heterocycles. The van der Waals surface area contributed by atoms with Crippen LogP contribution in [0.15, 0.2) is 18.3 Å². The van der Waals surface area contributed by atoms with E-state index in [-0.39, 0.29) is 12.6 Å². The normalized spacial score (nSPS) is 12.8. The van der Waals surface area contributed by atoms with Crippen LogP contribution < -0.4 is 10.6 Å². The maximum Gasteiger partial charge on any atom is 0.0572 e. The van der Waals surface area contributed by atoms with E-state index in [9.17, 15) is 0 Å². The van der Waals surface area contributed by atoms with Crippen molar-refractivity contribution < 1.29 is 5.11 Å². The Morgan fingerprint density at radius 3 is 2.56 bits per heavy atom. The molecule has 0 aromatic carbocycles. The molecule has 0 aliphatic heterocycles. The fraction of sp³-hybridized carbons (Fsp3) is 0.643. The zero-order chi connectivity index (χ0) is 13.5. The molecule has 0 aliphatic rings. The van der Waals surface area contributed by atoms with E-state index in [1.165, 1.54) is 0 Å². The van der Waals surface area contributed by atoms with Crippen molar-refractivity contribution in [2.45, 2.75) is 45.7 Å². The van der Waals surface area contributed by atoms with Crippen molar-refractivity contribution in [1.29, 1.82) is 0 Å². The molecule has 4 nitrogen and oxygen atoms in total. The van der Waals surface area contributed by atoms with Crippen molar-refractivity contribution in [3.63, 3.8) is 0 Å². The molecule has 0 bridgehead atoms. The predicted molar refractivity (Wildman–Crippen MR) is 75.6 cm³/mol. The van der Waals surface area contributed by atoms with Crippen LogP contribution in [0.2, 0.25) is 0 Å². The molecule has 0 amide bonds. The summed E-state index contributed by atoms with van der Waals surface area (Å²) in [6, 6.07) is 4.47. The Kier molecular flexibility index (Phi) is 6.09. The molecule has 1 atom stereocenters. The van der Waals surface area contributed by atoms with Gasteiger partial charge in [0.2, 0.25) is 0 Å². The summed E-state index contributed by atoms with van der Waals surface area (Å²) in [5, 5.41) is 8.93. The molecule has 4 heteroatoms. The molecule has 102 valence electrons. The highest BCUT2D eigenvalue weighted by Gasteiger charge is 2.11. The predicted octanol–water partition coefficient (Wildman–Crippen LogP) is 2.09. The highest BCUT2D eigenvalue weighted by atomic mass is 16.3. The topological polar surface area (TPSA) is 62.4 Å². The average Bonchev–Trinajstić information content (AvgIpc) is 2.38.